The maximum absolute atomic E-state index is 12.2. The van der Waals surface area contributed by atoms with Crippen LogP contribution in [0.1, 0.15) is 26.0 Å². The molecule has 0 spiro atoms. The predicted octanol–water partition coefficient (Wildman–Crippen LogP) is 1.43. The molecule has 2 amide bonds. The molecule has 2 fully saturated rings. The molecule has 3 heterocycles. The fourth-order valence-corrected chi connectivity index (χ4v) is 3.34. The van der Waals surface area contributed by atoms with Gasteiger partial charge in [-0.05, 0) is 39.3 Å². The topological polar surface area (TPSA) is 70.6 Å². The van der Waals surface area contributed by atoms with Crippen LogP contribution in [0.25, 0.3) is 0 Å². The number of amides is 2. The Morgan fingerprint density at radius 1 is 1.29 bits per heavy atom. The van der Waals surface area contributed by atoms with Crippen LogP contribution in [0, 0.1) is 12.8 Å². The number of nitrogens with zero attached hydrogens (tertiary/aromatic N) is 4. The van der Waals surface area contributed by atoms with Gasteiger partial charge in [0.15, 0.2) is 5.82 Å². The van der Waals surface area contributed by atoms with Crippen molar-refractivity contribution in [3.8, 4) is 0 Å². The molecule has 2 aliphatic heterocycles. The zero-order valence-electron chi connectivity index (χ0n) is 14.7. The molecule has 24 heavy (non-hydrogen) atoms. The number of rotatable bonds is 2. The molecule has 7 heteroatoms. The summed E-state index contributed by atoms with van der Waals surface area (Å²) in [7, 11) is 0. The highest BCUT2D eigenvalue weighted by molar-refractivity contribution is 5.74. The molecule has 2 saturated heterocycles. The number of aromatic nitrogens is 2. The second-order valence-electron chi connectivity index (χ2n) is 6.99. The van der Waals surface area contributed by atoms with Gasteiger partial charge in [0.05, 0.1) is 18.4 Å². The molecule has 0 saturated carbocycles. The molecule has 2 aliphatic rings. The summed E-state index contributed by atoms with van der Waals surface area (Å²) < 4.78 is 6.06. The first-order valence-corrected chi connectivity index (χ1v) is 8.75. The molecule has 0 unspecified atom stereocenters. The van der Waals surface area contributed by atoms with Gasteiger partial charge in [-0.25, -0.2) is 4.79 Å². The number of anilines is 1. The number of piperidine rings is 1. The summed E-state index contributed by atoms with van der Waals surface area (Å²) in [6, 6.07) is 4.18. The minimum absolute atomic E-state index is 0.0116. The molecule has 3 rings (SSSR count). The number of hydrogen-bond acceptors (Lipinski definition) is 5. The van der Waals surface area contributed by atoms with E-state index >= 15 is 0 Å². The normalized spacial score (nSPS) is 24.5. The third-order valence-electron chi connectivity index (χ3n) is 4.65. The SMILES string of the molecule is Cc1ccc(N2CCO[C@H]3CN(C(=O)NC(C)C)CC[C@H]3C2)nn1. The Morgan fingerprint density at radius 3 is 2.83 bits per heavy atom. The van der Waals surface area contributed by atoms with E-state index in [2.05, 4.69) is 20.4 Å². The number of fused-ring (bicyclic) bond motifs is 1. The largest absolute Gasteiger partial charge is 0.374 e. The van der Waals surface area contributed by atoms with Crippen LogP contribution in [0.5, 0.6) is 0 Å². The molecule has 1 N–H and O–H groups in total. The maximum Gasteiger partial charge on any atom is 0.317 e. The Kier molecular flexibility index (Phi) is 5.18. The Labute approximate surface area is 143 Å². The highest BCUT2D eigenvalue weighted by Gasteiger charge is 2.35. The molecule has 0 aromatic carbocycles. The lowest BCUT2D eigenvalue weighted by molar-refractivity contribution is -0.0111. The number of carbonyl (C=O) groups is 1. The van der Waals surface area contributed by atoms with E-state index in [1.165, 1.54) is 0 Å². The smallest absolute Gasteiger partial charge is 0.317 e. The molecule has 0 bridgehead atoms. The van der Waals surface area contributed by atoms with Crippen LogP contribution in [0.15, 0.2) is 12.1 Å². The fourth-order valence-electron chi connectivity index (χ4n) is 3.34. The van der Waals surface area contributed by atoms with Crippen molar-refractivity contribution in [2.24, 2.45) is 5.92 Å². The average molecular weight is 333 g/mol. The van der Waals surface area contributed by atoms with Gasteiger partial charge in [-0.2, -0.15) is 5.10 Å². The van der Waals surface area contributed by atoms with E-state index in [-0.39, 0.29) is 18.2 Å². The zero-order valence-corrected chi connectivity index (χ0v) is 14.7. The van der Waals surface area contributed by atoms with Gasteiger partial charge in [-0.15, -0.1) is 5.10 Å². The summed E-state index contributed by atoms with van der Waals surface area (Å²) in [5.74, 6) is 1.32. The van der Waals surface area contributed by atoms with Crippen LogP contribution in [-0.2, 0) is 4.74 Å². The van der Waals surface area contributed by atoms with E-state index < -0.39 is 0 Å². The lowest BCUT2D eigenvalue weighted by Crippen LogP contribution is -2.53. The van der Waals surface area contributed by atoms with E-state index in [0.29, 0.717) is 19.1 Å². The molecule has 132 valence electrons. The van der Waals surface area contributed by atoms with Gasteiger partial charge in [0.25, 0.3) is 0 Å². The molecule has 1 aromatic heterocycles. The summed E-state index contributed by atoms with van der Waals surface area (Å²) in [4.78, 5) is 16.3. The number of urea groups is 1. The van der Waals surface area contributed by atoms with Crippen LogP contribution >= 0.6 is 0 Å². The fraction of sp³-hybridized carbons (Fsp3) is 0.706. The lowest BCUT2D eigenvalue weighted by Gasteiger charge is -2.38. The molecule has 1 aromatic rings. The first kappa shape index (κ1) is 17.0. The maximum atomic E-state index is 12.2. The third-order valence-corrected chi connectivity index (χ3v) is 4.65. The Balaban J connectivity index is 1.63. The summed E-state index contributed by atoms with van der Waals surface area (Å²) >= 11 is 0. The lowest BCUT2D eigenvalue weighted by atomic mass is 9.93. The highest BCUT2D eigenvalue weighted by Crippen LogP contribution is 2.26. The number of ether oxygens (including phenoxy) is 1. The number of aryl methyl sites for hydroxylation is 1. The molecule has 0 radical (unpaired) electrons. The van der Waals surface area contributed by atoms with E-state index in [0.717, 1.165) is 37.6 Å². The van der Waals surface area contributed by atoms with Crippen molar-refractivity contribution in [3.05, 3.63) is 17.8 Å². The van der Waals surface area contributed by atoms with E-state index in [1.54, 1.807) is 0 Å². The summed E-state index contributed by atoms with van der Waals surface area (Å²) in [5, 5.41) is 11.4. The van der Waals surface area contributed by atoms with Gasteiger partial charge >= 0.3 is 6.03 Å². The molecule has 7 nitrogen and oxygen atoms in total. The van der Waals surface area contributed by atoms with Crippen LogP contribution in [-0.4, -0.2) is 66.1 Å². The van der Waals surface area contributed by atoms with Gasteiger partial charge in [0.1, 0.15) is 0 Å². The predicted molar refractivity (Wildman–Crippen MR) is 92.1 cm³/mol. The summed E-state index contributed by atoms with van der Waals surface area (Å²) in [6.07, 6.45) is 1.05. The van der Waals surface area contributed by atoms with E-state index in [1.807, 2.05) is 37.8 Å². The van der Waals surface area contributed by atoms with Crippen molar-refractivity contribution in [1.82, 2.24) is 20.4 Å². The average Bonchev–Trinajstić information content (AvgIpc) is 2.76. The molecule has 0 aliphatic carbocycles. The van der Waals surface area contributed by atoms with Crippen LogP contribution < -0.4 is 10.2 Å². The van der Waals surface area contributed by atoms with Crippen LogP contribution in [0.4, 0.5) is 10.6 Å². The van der Waals surface area contributed by atoms with Crippen molar-refractivity contribution >= 4 is 11.8 Å². The van der Waals surface area contributed by atoms with Gasteiger partial charge in [-0.3, -0.25) is 0 Å². The standard InChI is InChI=1S/C17H27N5O2/c1-12(2)18-17(23)22-7-6-14-10-21(8-9-24-15(14)11-22)16-5-4-13(3)19-20-16/h4-5,12,14-15H,6-11H2,1-3H3,(H,18,23)/t14-,15-/m0/s1. The minimum Gasteiger partial charge on any atom is -0.374 e. The monoisotopic (exact) mass is 333 g/mol. The number of carbonyl (C=O) groups excluding carboxylic acids is 1. The number of nitrogens with one attached hydrogen (secondary N) is 1. The quantitative estimate of drug-likeness (QED) is 0.886. The zero-order chi connectivity index (χ0) is 17.1. The first-order valence-electron chi connectivity index (χ1n) is 8.75. The first-order chi connectivity index (χ1) is 11.5. The Morgan fingerprint density at radius 2 is 2.12 bits per heavy atom. The van der Waals surface area contributed by atoms with Gasteiger partial charge in [-0.1, -0.05) is 0 Å². The second kappa shape index (κ2) is 7.34. The van der Waals surface area contributed by atoms with Gasteiger partial charge in [0, 0.05) is 38.1 Å². The Hall–Kier alpha value is -1.89. The number of likely N-dealkylation sites (tertiary alicyclic amines) is 1. The van der Waals surface area contributed by atoms with E-state index in [9.17, 15) is 4.79 Å². The van der Waals surface area contributed by atoms with Gasteiger partial charge < -0.3 is 19.9 Å². The third kappa shape index (κ3) is 3.95. The van der Waals surface area contributed by atoms with Crippen molar-refractivity contribution in [1.29, 1.82) is 0 Å². The van der Waals surface area contributed by atoms with Crippen molar-refractivity contribution in [2.45, 2.75) is 39.3 Å². The second-order valence-corrected chi connectivity index (χ2v) is 6.99. The van der Waals surface area contributed by atoms with E-state index in [4.69, 9.17) is 4.74 Å². The minimum atomic E-state index is 0.0116. The molecule has 2 atom stereocenters. The van der Waals surface area contributed by atoms with Crippen molar-refractivity contribution < 1.29 is 9.53 Å². The van der Waals surface area contributed by atoms with Crippen LogP contribution in [0.2, 0.25) is 0 Å². The van der Waals surface area contributed by atoms with Crippen LogP contribution in [0.3, 0.4) is 0 Å². The Bertz CT molecular complexity index is 563. The summed E-state index contributed by atoms with van der Waals surface area (Å²) in [5.41, 5.74) is 0.923. The number of hydrogen-bond donors (Lipinski definition) is 1. The molecular weight excluding hydrogens is 306 g/mol. The van der Waals surface area contributed by atoms with Crippen molar-refractivity contribution in [3.63, 3.8) is 0 Å². The van der Waals surface area contributed by atoms with Crippen molar-refractivity contribution in [2.75, 3.05) is 37.7 Å². The highest BCUT2D eigenvalue weighted by atomic mass is 16.5. The molecular formula is C17H27N5O2. The van der Waals surface area contributed by atoms with Gasteiger partial charge in [0.2, 0.25) is 0 Å². The summed E-state index contributed by atoms with van der Waals surface area (Å²) in [6.45, 7) is 9.70.